The number of thioether (sulfide) groups is 1. The van der Waals surface area contributed by atoms with Crippen LogP contribution in [0.15, 0.2) is 41.3 Å². The zero-order chi connectivity index (χ0) is 14.7. The Morgan fingerprint density at radius 3 is 2.45 bits per heavy atom. The smallest absolute Gasteiger partial charge is 0.423 e. The summed E-state index contributed by atoms with van der Waals surface area (Å²) in [6.45, 7) is 0. The van der Waals surface area contributed by atoms with Gasteiger partial charge in [-0.15, -0.1) is 11.8 Å². The second-order valence-electron chi connectivity index (χ2n) is 4.08. The molecule has 0 amide bonds. The lowest BCUT2D eigenvalue weighted by atomic mass is 9.77. The maximum atomic E-state index is 13.1. The maximum Gasteiger partial charge on any atom is 0.488 e. The van der Waals surface area contributed by atoms with Gasteiger partial charge in [0.25, 0.3) is 0 Å². The predicted molar refractivity (Wildman–Crippen MR) is 82.2 cm³/mol. The van der Waals surface area contributed by atoms with Crippen molar-refractivity contribution in [2.75, 3.05) is 0 Å². The van der Waals surface area contributed by atoms with Gasteiger partial charge in [-0.05, 0) is 41.4 Å². The number of hydrogen-bond acceptors (Lipinski definition) is 3. The first-order chi connectivity index (χ1) is 9.47. The van der Waals surface area contributed by atoms with Gasteiger partial charge in [-0.2, -0.15) is 0 Å². The van der Waals surface area contributed by atoms with Crippen LogP contribution in [0.5, 0.6) is 0 Å². The molecule has 0 bridgehead atoms. The average Bonchev–Trinajstić information content (AvgIpc) is 2.41. The van der Waals surface area contributed by atoms with E-state index in [2.05, 4.69) is 0 Å². The highest BCUT2D eigenvalue weighted by Gasteiger charge is 2.17. The Bertz CT molecular complexity index is 625. The molecule has 0 aromatic heterocycles. The molecule has 2 aromatic carbocycles. The molecular weight excluding hydrogens is 321 g/mol. The van der Waals surface area contributed by atoms with Gasteiger partial charge in [0, 0.05) is 10.6 Å². The molecule has 0 aliphatic heterocycles. The van der Waals surface area contributed by atoms with E-state index in [4.69, 9.17) is 23.2 Å². The molecule has 0 radical (unpaired) electrons. The Labute approximate surface area is 130 Å². The lowest BCUT2D eigenvalue weighted by Crippen LogP contribution is -2.33. The summed E-state index contributed by atoms with van der Waals surface area (Å²) < 4.78 is 13.1. The van der Waals surface area contributed by atoms with Crippen molar-refractivity contribution in [3.8, 4) is 0 Å². The van der Waals surface area contributed by atoms with Crippen LogP contribution in [0.3, 0.4) is 0 Å². The third-order valence-corrected chi connectivity index (χ3v) is 4.45. The second-order valence-corrected chi connectivity index (χ2v) is 5.94. The van der Waals surface area contributed by atoms with E-state index in [1.165, 1.54) is 23.9 Å². The first-order valence-corrected chi connectivity index (χ1v) is 7.44. The van der Waals surface area contributed by atoms with Gasteiger partial charge in [0.1, 0.15) is 5.82 Å². The molecule has 0 spiro atoms. The summed E-state index contributed by atoms with van der Waals surface area (Å²) in [5, 5.41) is 19.4. The Balaban J connectivity index is 2.16. The highest BCUT2D eigenvalue weighted by molar-refractivity contribution is 7.98. The molecular formula is C13H10BCl2FO2S. The van der Waals surface area contributed by atoms with Crippen LogP contribution < -0.4 is 5.46 Å². The second kappa shape index (κ2) is 6.83. The fraction of sp³-hybridized carbons (Fsp3) is 0.0769. The van der Waals surface area contributed by atoms with Crippen molar-refractivity contribution < 1.29 is 14.4 Å². The van der Waals surface area contributed by atoms with E-state index in [0.717, 1.165) is 11.0 Å². The van der Waals surface area contributed by atoms with Crippen LogP contribution in [0.4, 0.5) is 4.39 Å². The summed E-state index contributed by atoms with van der Waals surface area (Å²) in [4.78, 5) is 0.891. The fourth-order valence-corrected chi connectivity index (χ4v) is 2.98. The number of hydrogen-bond donors (Lipinski definition) is 2. The molecule has 7 heteroatoms. The van der Waals surface area contributed by atoms with Gasteiger partial charge in [-0.1, -0.05) is 29.3 Å². The minimum atomic E-state index is -1.70. The van der Waals surface area contributed by atoms with Crippen molar-refractivity contribution in [3.05, 3.63) is 57.8 Å². The summed E-state index contributed by atoms with van der Waals surface area (Å²) in [5.74, 6) is -0.0399. The zero-order valence-corrected chi connectivity index (χ0v) is 12.5. The molecule has 2 aromatic rings. The Morgan fingerprint density at radius 2 is 1.80 bits per heavy atom. The lowest BCUT2D eigenvalue weighted by Gasteiger charge is -2.09. The maximum absolute atomic E-state index is 13.1. The van der Waals surface area contributed by atoms with Crippen LogP contribution in [-0.4, -0.2) is 17.2 Å². The van der Waals surface area contributed by atoms with Crippen molar-refractivity contribution >= 4 is 47.5 Å². The average molecular weight is 331 g/mol. The summed E-state index contributed by atoms with van der Waals surface area (Å²) in [6.07, 6.45) is 0. The van der Waals surface area contributed by atoms with Crippen LogP contribution in [0.1, 0.15) is 5.56 Å². The van der Waals surface area contributed by atoms with Crippen LogP contribution in [-0.2, 0) is 5.75 Å². The molecule has 2 rings (SSSR count). The highest BCUT2D eigenvalue weighted by atomic mass is 35.5. The summed E-state index contributed by atoms with van der Waals surface area (Å²) in [6, 6.07) is 9.18. The molecule has 0 unspecified atom stereocenters. The third kappa shape index (κ3) is 3.90. The molecule has 0 atom stereocenters. The quantitative estimate of drug-likeness (QED) is 0.668. The Kier molecular flexibility index (Phi) is 5.35. The topological polar surface area (TPSA) is 40.5 Å². The molecule has 0 saturated carbocycles. The molecule has 2 nitrogen and oxygen atoms in total. The van der Waals surface area contributed by atoms with E-state index in [1.54, 1.807) is 12.1 Å². The SMILES string of the molecule is OB(O)c1cc(F)ccc1CSc1ccc(Cl)c(Cl)c1. The molecule has 2 N–H and O–H groups in total. The molecule has 0 heterocycles. The summed E-state index contributed by atoms with van der Waals surface area (Å²) in [5.41, 5.74) is 0.815. The Morgan fingerprint density at radius 1 is 1.05 bits per heavy atom. The molecule has 0 fully saturated rings. The monoisotopic (exact) mass is 330 g/mol. The highest BCUT2D eigenvalue weighted by Crippen LogP contribution is 2.29. The van der Waals surface area contributed by atoms with E-state index < -0.39 is 12.9 Å². The molecule has 0 aliphatic carbocycles. The van der Waals surface area contributed by atoms with Crippen LogP contribution in [0.2, 0.25) is 10.0 Å². The molecule has 0 saturated heterocycles. The van der Waals surface area contributed by atoms with E-state index in [0.29, 0.717) is 21.4 Å². The summed E-state index contributed by atoms with van der Waals surface area (Å²) >= 11 is 13.2. The van der Waals surface area contributed by atoms with Gasteiger partial charge in [0.05, 0.1) is 10.0 Å². The van der Waals surface area contributed by atoms with Crippen molar-refractivity contribution in [2.45, 2.75) is 10.6 Å². The molecule has 0 aliphatic rings. The number of rotatable bonds is 4. The first kappa shape index (κ1) is 15.7. The molecule has 104 valence electrons. The number of benzene rings is 2. The minimum Gasteiger partial charge on any atom is -0.423 e. The van der Waals surface area contributed by atoms with Crippen molar-refractivity contribution in [1.29, 1.82) is 0 Å². The largest absolute Gasteiger partial charge is 0.488 e. The van der Waals surface area contributed by atoms with E-state index in [9.17, 15) is 14.4 Å². The fourth-order valence-electron chi connectivity index (χ4n) is 1.67. The van der Waals surface area contributed by atoms with E-state index in [-0.39, 0.29) is 5.46 Å². The number of halogens is 3. The van der Waals surface area contributed by atoms with Crippen molar-refractivity contribution in [3.63, 3.8) is 0 Å². The standard InChI is InChI=1S/C13H10BCl2FO2S/c15-12-4-3-10(6-13(12)16)20-7-8-1-2-9(17)5-11(8)14(18)19/h1-6,18-19H,7H2. The third-order valence-electron chi connectivity index (χ3n) is 2.67. The van der Waals surface area contributed by atoms with Gasteiger partial charge in [0.2, 0.25) is 0 Å². The Hall–Kier alpha value is -0.715. The normalized spacial score (nSPS) is 10.7. The van der Waals surface area contributed by atoms with Gasteiger partial charge >= 0.3 is 7.12 Å². The zero-order valence-electron chi connectivity index (χ0n) is 10.2. The van der Waals surface area contributed by atoms with Crippen LogP contribution >= 0.6 is 35.0 Å². The minimum absolute atomic E-state index is 0.164. The van der Waals surface area contributed by atoms with Crippen molar-refractivity contribution in [2.24, 2.45) is 0 Å². The van der Waals surface area contributed by atoms with Gasteiger partial charge in [-0.25, -0.2) is 4.39 Å². The predicted octanol–water partition coefficient (Wildman–Crippen LogP) is 3.10. The first-order valence-electron chi connectivity index (χ1n) is 5.69. The van der Waals surface area contributed by atoms with Gasteiger partial charge in [0.15, 0.2) is 0 Å². The lowest BCUT2D eigenvalue weighted by molar-refractivity contribution is 0.425. The van der Waals surface area contributed by atoms with Crippen molar-refractivity contribution in [1.82, 2.24) is 0 Å². The van der Waals surface area contributed by atoms with E-state index >= 15 is 0 Å². The van der Waals surface area contributed by atoms with E-state index in [1.807, 2.05) is 6.07 Å². The molecule has 20 heavy (non-hydrogen) atoms. The van der Waals surface area contributed by atoms with Crippen LogP contribution in [0.25, 0.3) is 0 Å². The summed E-state index contributed by atoms with van der Waals surface area (Å²) in [7, 11) is -1.70. The van der Waals surface area contributed by atoms with Gasteiger partial charge < -0.3 is 10.0 Å². The van der Waals surface area contributed by atoms with Crippen LogP contribution in [0, 0.1) is 5.82 Å². The van der Waals surface area contributed by atoms with Gasteiger partial charge in [-0.3, -0.25) is 0 Å².